The average Bonchev–Trinajstić information content (AvgIpc) is 2.00. The molecule has 0 aliphatic carbocycles. The summed E-state index contributed by atoms with van der Waals surface area (Å²) < 4.78 is 0. The molecule has 1 N–H and O–H groups in total. The Morgan fingerprint density at radius 2 is 1.77 bits per heavy atom. The summed E-state index contributed by atoms with van der Waals surface area (Å²) in [6.45, 7) is 1.35. The maximum Gasteiger partial charge on any atom is 0.303 e. The van der Waals surface area contributed by atoms with Crippen LogP contribution in [0.3, 0.4) is 0 Å². The third-order valence-electron chi connectivity index (χ3n) is 1.32. The van der Waals surface area contributed by atoms with E-state index in [0.717, 1.165) is 0 Å². The first-order valence-electron chi connectivity index (χ1n) is 3.95. The molecule has 0 aromatic rings. The van der Waals surface area contributed by atoms with Gasteiger partial charge < -0.3 is 5.11 Å². The van der Waals surface area contributed by atoms with Gasteiger partial charge in [0.1, 0.15) is 0 Å². The van der Waals surface area contributed by atoms with Crippen LogP contribution < -0.4 is 0 Å². The van der Waals surface area contributed by atoms with Crippen molar-refractivity contribution in [3.63, 3.8) is 0 Å². The minimum absolute atomic E-state index is 0.0142. The molecule has 0 aromatic carbocycles. The Bertz CT molecular complexity index is 240. The van der Waals surface area contributed by atoms with Crippen molar-refractivity contribution in [1.29, 1.82) is 0 Å². The SMILES string of the molecule is CC(=O)/C=C/C(=O)CCCC(=O)O. The van der Waals surface area contributed by atoms with Crippen molar-refractivity contribution in [2.75, 3.05) is 0 Å². The molecule has 0 rings (SSSR count). The second-order valence-electron chi connectivity index (χ2n) is 2.66. The highest BCUT2D eigenvalue weighted by atomic mass is 16.4. The molecule has 0 amide bonds. The lowest BCUT2D eigenvalue weighted by Gasteiger charge is -1.92. The molecular formula is C9H12O4. The minimum atomic E-state index is -0.914. The molecule has 0 radical (unpaired) electrons. The van der Waals surface area contributed by atoms with Crippen molar-refractivity contribution in [3.8, 4) is 0 Å². The standard InChI is InChI=1S/C9H12O4/c1-7(10)5-6-8(11)3-2-4-9(12)13/h5-6H,2-4H2,1H3,(H,12,13)/b6-5+. The third kappa shape index (κ3) is 8.46. The van der Waals surface area contributed by atoms with Gasteiger partial charge in [-0.05, 0) is 25.5 Å². The first kappa shape index (κ1) is 11.6. The molecule has 72 valence electrons. The molecule has 0 unspecified atom stereocenters. The largest absolute Gasteiger partial charge is 0.481 e. The summed E-state index contributed by atoms with van der Waals surface area (Å²) in [7, 11) is 0. The van der Waals surface area contributed by atoms with Crippen molar-refractivity contribution in [2.24, 2.45) is 0 Å². The number of carbonyl (C=O) groups is 3. The third-order valence-corrected chi connectivity index (χ3v) is 1.32. The van der Waals surface area contributed by atoms with E-state index in [0.29, 0.717) is 6.42 Å². The summed E-state index contributed by atoms with van der Waals surface area (Å²) in [5, 5.41) is 8.26. The molecule has 0 atom stereocenters. The number of hydrogen-bond acceptors (Lipinski definition) is 3. The van der Waals surface area contributed by atoms with Gasteiger partial charge >= 0.3 is 5.97 Å². The smallest absolute Gasteiger partial charge is 0.303 e. The molecule has 0 spiro atoms. The Hall–Kier alpha value is -1.45. The van der Waals surface area contributed by atoms with Gasteiger partial charge in [-0.15, -0.1) is 0 Å². The Labute approximate surface area is 76.2 Å². The summed E-state index contributed by atoms with van der Waals surface area (Å²) in [5.41, 5.74) is 0. The van der Waals surface area contributed by atoms with E-state index < -0.39 is 5.97 Å². The maximum absolute atomic E-state index is 10.9. The number of aliphatic carboxylic acids is 1. The first-order chi connectivity index (χ1) is 6.02. The van der Waals surface area contributed by atoms with Gasteiger partial charge in [-0.1, -0.05) is 0 Å². The Morgan fingerprint density at radius 1 is 1.15 bits per heavy atom. The zero-order chi connectivity index (χ0) is 10.3. The monoisotopic (exact) mass is 184 g/mol. The molecule has 0 fully saturated rings. The van der Waals surface area contributed by atoms with E-state index in [1.165, 1.54) is 19.1 Å². The van der Waals surface area contributed by atoms with Crippen molar-refractivity contribution >= 4 is 17.5 Å². The van der Waals surface area contributed by atoms with Gasteiger partial charge in [-0.2, -0.15) is 0 Å². The number of hydrogen-bond donors (Lipinski definition) is 1. The normalized spacial score (nSPS) is 10.2. The minimum Gasteiger partial charge on any atom is -0.481 e. The van der Waals surface area contributed by atoms with Crippen LogP contribution in [0.5, 0.6) is 0 Å². The predicted octanol–water partition coefficient (Wildman–Crippen LogP) is 0.956. The summed E-state index contributed by atoms with van der Waals surface area (Å²) >= 11 is 0. The zero-order valence-electron chi connectivity index (χ0n) is 7.45. The summed E-state index contributed by atoms with van der Waals surface area (Å²) in [5.74, 6) is -1.31. The predicted molar refractivity (Wildman–Crippen MR) is 46.3 cm³/mol. The van der Waals surface area contributed by atoms with Crippen LogP contribution in [0.25, 0.3) is 0 Å². The van der Waals surface area contributed by atoms with E-state index in [2.05, 4.69) is 0 Å². The van der Waals surface area contributed by atoms with Gasteiger partial charge in [0, 0.05) is 12.8 Å². The molecule has 0 aliphatic heterocycles. The number of carboxylic acids is 1. The molecule has 13 heavy (non-hydrogen) atoms. The van der Waals surface area contributed by atoms with E-state index in [-0.39, 0.29) is 24.4 Å². The lowest BCUT2D eigenvalue weighted by Crippen LogP contribution is -1.98. The van der Waals surface area contributed by atoms with Gasteiger partial charge in [0.25, 0.3) is 0 Å². The van der Waals surface area contributed by atoms with Crippen molar-refractivity contribution in [3.05, 3.63) is 12.2 Å². The average molecular weight is 184 g/mol. The fraction of sp³-hybridized carbons (Fsp3) is 0.444. The second-order valence-corrected chi connectivity index (χ2v) is 2.66. The molecule has 4 heteroatoms. The van der Waals surface area contributed by atoms with Crippen LogP contribution >= 0.6 is 0 Å². The number of carbonyl (C=O) groups excluding carboxylic acids is 2. The topological polar surface area (TPSA) is 71.4 Å². The molecule has 4 nitrogen and oxygen atoms in total. The lowest BCUT2D eigenvalue weighted by molar-refractivity contribution is -0.137. The van der Waals surface area contributed by atoms with Crippen molar-refractivity contribution < 1.29 is 19.5 Å². The quantitative estimate of drug-likeness (QED) is 0.624. The van der Waals surface area contributed by atoms with Gasteiger partial charge in [0.05, 0.1) is 0 Å². The Balaban J connectivity index is 3.64. The highest BCUT2D eigenvalue weighted by Crippen LogP contribution is 1.97. The number of ketones is 2. The van der Waals surface area contributed by atoms with Gasteiger partial charge in [0.15, 0.2) is 11.6 Å². The second kappa shape index (κ2) is 6.11. The van der Waals surface area contributed by atoms with Gasteiger partial charge in [0.2, 0.25) is 0 Å². The van der Waals surface area contributed by atoms with E-state index in [1.807, 2.05) is 0 Å². The van der Waals surface area contributed by atoms with Crippen LogP contribution in [0.1, 0.15) is 26.2 Å². The maximum atomic E-state index is 10.9. The fourth-order valence-electron chi connectivity index (χ4n) is 0.707. The van der Waals surface area contributed by atoms with E-state index in [1.54, 1.807) is 0 Å². The molecule has 0 saturated heterocycles. The number of allylic oxidation sites excluding steroid dienone is 2. The van der Waals surface area contributed by atoms with Crippen LogP contribution in [0.15, 0.2) is 12.2 Å². The van der Waals surface area contributed by atoms with E-state index in [9.17, 15) is 14.4 Å². The first-order valence-corrected chi connectivity index (χ1v) is 3.95. The molecule has 0 heterocycles. The molecule has 0 aromatic heterocycles. The summed E-state index contributed by atoms with van der Waals surface area (Å²) in [6.07, 6.45) is 2.85. The van der Waals surface area contributed by atoms with Crippen LogP contribution in [-0.4, -0.2) is 22.6 Å². The van der Waals surface area contributed by atoms with Crippen LogP contribution in [-0.2, 0) is 14.4 Å². The summed E-state index contributed by atoms with van der Waals surface area (Å²) in [4.78, 5) is 31.4. The molecule has 0 bridgehead atoms. The van der Waals surface area contributed by atoms with Crippen LogP contribution in [0.2, 0.25) is 0 Å². The van der Waals surface area contributed by atoms with Crippen LogP contribution in [0.4, 0.5) is 0 Å². The Kier molecular flexibility index (Phi) is 5.43. The molecular weight excluding hydrogens is 172 g/mol. The highest BCUT2D eigenvalue weighted by molar-refractivity contribution is 5.97. The molecule has 0 aliphatic rings. The Morgan fingerprint density at radius 3 is 2.23 bits per heavy atom. The fourth-order valence-corrected chi connectivity index (χ4v) is 0.707. The molecule has 0 saturated carbocycles. The van der Waals surface area contributed by atoms with Gasteiger partial charge in [-0.25, -0.2) is 0 Å². The zero-order valence-corrected chi connectivity index (χ0v) is 7.45. The summed E-state index contributed by atoms with van der Waals surface area (Å²) in [6, 6.07) is 0. The van der Waals surface area contributed by atoms with Crippen molar-refractivity contribution in [2.45, 2.75) is 26.2 Å². The van der Waals surface area contributed by atoms with E-state index in [4.69, 9.17) is 5.11 Å². The van der Waals surface area contributed by atoms with Crippen molar-refractivity contribution in [1.82, 2.24) is 0 Å². The number of rotatable bonds is 6. The van der Waals surface area contributed by atoms with Gasteiger partial charge in [-0.3, -0.25) is 14.4 Å². The highest BCUT2D eigenvalue weighted by Gasteiger charge is 2.00. The van der Waals surface area contributed by atoms with E-state index >= 15 is 0 Å². The number of carboxylic acid groups (broad SMARTS) is 1. The van der Waals surface area contributed by atoms with Crippen LogP contribution in [0, 0.1) is 0 Å². The lowest BCUT2D eigenvalue weighted by atomic mass is 10.1.